The number of ether oxygens (including phenoxy) is 3. The Kier molecular flexibility index (Phi) is 8.50. The second-order valence-corrected chi connectivity index (χ2v) is 7.71. The maximum Gasteiger partial charge on any atom is 0.338 e. The van der Waals surface area contributed by atoms with Gasteiger partial charge < -0.3 is 19.5 Å². The molecule has 32 heavy (non-hydrogen) atoms. The summed E-state index contributed by atoms with van der Waals surface area (Å²) in [5.74, 6) is 0.472. The van der Waals surface area contributed by atoms with Gasteiger partial charge in [0.25, 0.3) is 0 Å². The van der Waals surface area contributed by atoms with Crippen molar-refractivity contribution < 1.29 is 23.4 Å². The smallest absolute Gasteiger partial charge is 0.338 e. The topological polar surface area (TPSA) is 56.8 Å². The Balaban J connectivity index is 1.70. The SMILES string of the molecule is CCOC(=O)c1ccc(NCc2cc(OCC)c(OCc3ccccc3F)cc2Br)cc1. The normalized spacial score (nSPS) is 10.5. The predicted octanol–water partition coefficient (Wildman–Crippen LogP) is 6.35. The predicted molar refractivity (Wildman–Crippen MR) is 126 cm³/mol. The number of nitrogens with one attached hydrogen (secondary N) is 1. The van der Waals surface area contributed by atoms with Crippen molar-refractivity contribution in [1.82, 2.24) is 0 Å². The van der Waals surface area contributed by atoms with Gasteiger partial charge in [0.1, 0.15) is 12.4 Å². The summed E-state index contributed by atoms with van der Waals surface area (Å²) in [6.45, 7) is 5.11. The van der Waals surface area contributed by atoms with Crippen molar-refractivity contribution in [3.8, 4) is 11.5 Å². The highest BCUT2D eigenvalue weighted by Gasteiger charge is 2.13. The van der Waals surface area contributed by atoms with E-state index in [1.54, 1.807) is 37.3 Å². The van der Waals surface area contributed by atoms with E-state index >= 15 is 0 Å². The van der Waals surface area contributed by atoms with Crippen molar-refractivity contribution in [2.24, 2.45) is 0 Å². The van der Waals surface area contributed by atoms with Crippen molar-refractivity contribution in [2.75, 3.05) is 18.5 Å². The fourth-order valence-corrected chi connectivity index (χ4v) is 3.46. The van der Waals surface area contributed by atoms with Gasteiger partial charge in [-0.05, 0) is 61.9 Å². The Labute approximate surface area is 195 Å². The lowest BCUT2D eigenvalue weighted by Crippen LogP contribution is -2.06. The second-order valence-electron chi connectivity index (χ2n) is 6.85. The summed E-state index contributed by atoms with van der Waals surface area (Å²) in [4.78, 5) is 11.8. The minimum absolute atomic E-state index is 0.101. The average Bonchev–Trinajstić information content (AvgIpc) is 2.79. The largest absolute Gasteiger partial charge is 0.490 e. The number of carbonyl (C=O) groups excluding carboxylic acids is 1. The summed E-state index contributed by atoms with van der Waals surface area (Å²) < 4.78 is 31.3. The maximum absolute atomic E-state index is 13.9. The van der Waals surface area contributed by atoms with Gasteiger partial charge in [0.2, 0.25) is 0 Å². The van der Waals surface area contributed by atoms with Gasteiger partial charge in [-0.1, -0.05) is 34.1 Å². The highest BCUT2D eigenvalue weighted by Crippen LogP contribution is 2.35. The number of rotatable bonds is 10. The molecule has 3 aromatic rings. The number of benzene rings is 3. The Morgan fingerprint density at radius 1 is 0.938 bits per heavy atom. The minimum atomic E-state index is -0.339. The van der Waals surface area contributed by atoms with Crippen LogP contribution < -0.4 is 14.8 Å². The molecule has 0 heterocycles. The molecule has 3 rings (SSSR count). The van der Waals surface area contributed by atoms with Gasteiger partial charge in [-0.3, -0.25) is 0 Å². The van der Waals surface area contributed by atoms with E-state index in [1.807, 2.05) is 31.2 Å². The van der Waals surface area contributed by atoms with E-state index in [1.165, 1.54) is 6.07 Å². The number of carbonyl (C=O) groups is 1. The monoisotopic (exact) mass is 501 g/mol. The van der Waals surface area contributed by atoms with Crippen LogP contribution >= 0.6 is 15.9 Å². The van der Waals surface area contributed by atoms with Gasteiger partial charge in [-0.15, -0.1) is 0 Å². The summed E-state index contributed by atoms with van der Waals surface area (Å²) in [6, 6.07) is 17.3. The molecule has 0 spiro atoms. The molecule has 0 amide bonds. The fourth-order valence-electron chi connectivity index (χ4n) is 3.00. The molecule has 168 valence electrons. The van der Waals surface area contributed by atoms with Crippen LogP contribution in [0.1, 0.15) is 35.3 Å². The summed E-state index contributed by atoms with van der Waals surface area (Å²) in [6.07, 6.45) is 0. The Bertz CT molecular complexity index is 1060. The lowest BCUT2D eigenvalue weighted by molar-refractivity contribution is 0.0526. The third-order valence-electron chi connectivity index (χ3n) is 4.63. The standard InChI is InChI=1S/C25H25BrFNO4/c1-3-30-23-13-19(15-28-20-11-9-17(10-12-20)25(29)31-4-2)21(26)14-24(23)32-16-18-7-5-6-8-22(18)27/h5-14,28H,3-4,15-16H2,1-2H3. The van der Waals surface area contributed by atoms with Gasteiger partial charge in [0.05, 0.1) is 18.8 Å². The zero-order chi connectivity index (χ0) is 22.9. The van der Waals surface area contributed by atoms with Gasteiger partial charge in [0.15, 0.2) is 11.5 Å². The maximum atomic E-state index is 13.9. The molecule has 0 saturated heterocycles. The van der Waals surface area contributed by atoms with Crippen molar-refractivity contribution in [2.45, 2.75) is 27.0 Å². The van der Waals surface area contributed by atoms with Crippen LogP contribution in [0.3, 0.4) is 0 Å². The van der Waals surface area contributed by atoms with Crippen molar-refractivity contribution in [1.29, 1.82) is 0 Å². The van der Waals surface area contributed by atoms with Crippen LogP contribution in [0.25, 0.3) is 0 Å². The first kappa shape index (κ1) is 23.6. The van der Waals surface area contributed by atoms with E-state index in [4.69, 9.17) is 14.2 Å². The number of halogens is 2. The number of hydrogen-bond acceptors (Lipinski definition) is 5. The highest BCUT2D eigenvalue weighted by molar-refractivity contribution is 9.10. The second kappa shape index (κ2) is 11.5. The van der Waals surface area contributed by atoms with Crippen LogP contribution in [-0.4, -0.2) is 19.2 Å². The van der Waals surface area contributed by atoms with Crippen LogP contribution in [0.15, 0.2) is 65.1 Å². The van der Waals surface area contributed by atoms with Crippen LogP contribution in [0.5, 0.6) is 11.5 Å². The molecule has 0 aromatic heterocycles. The average molecular weight is 502 g/mol. The molecule has 0 fully saturated rings. The van der Waals surface area contributed by atoms with Crippen LogP contribution in [-0.2, 0) is 17.9 Å². The number of hydrogen-bond donors (Lipinski definition) is 1. The van der Waals surface area contributed by atoms with Crippen molar-refractivity contribution >= 4 is 27.6 Å². The van der Waals surface area contributed by atoms with E-state index in [0.29, 0.717) is 42.4 Å². The van der Waals surface area contributed by atoms with E-state index in [9.17, 15) is 9.18 Å². The third kappa shape index (κ3) is 6.23. The lowest BCUT2D eigenvalue weighted by Gasteiger charge is -2.16. The molecule has 0 aliphatic carbocycles. The molecule has 5 nitrogen and oxygen atoms in total. The molecule has 1 N–H and O–H groups in total. The number of anilines is 1. The van der Waals surface area contributed by atoms with Crippen molar-refractivity contribution in [3.05, 3.63) is 87.6 Å². The Hall–Kier alpha value is -3.06. The third-order valence-corrected chi connectivity index (χ3v) is 5.37. The molecule has 3 aromatic carbocycles. The minimum Gasteiger partial charge on any atom is -0.490 e. The zero-order valence-corrected chi connectivity index (χ0v) is 19.6. The van der Waals surface area contributed by atoms with E-state index < -0.39 is 0 Å². The molecular formula is C25H25BrFNO4. The molecule has 0 saturated carbocycles. The Morgan fingerprint density at radius 2 is 1.66 bits per heavy atom. The highest BCUT2D eigenvalue weighted by atomic mass is 79.9. The van der Waals surface area contributed by atoms with Gasteiger partial charge >= 0.3 is 5.97 Å². The van der Waals surface area contributed by atoms with E-state index in [0.717, 1.165) is 15.7 Å². The molecule has 0 bridgehead atoms. The summed E-state index contributed by atoms with van der Waals surface area (Å²) >= 11 is 3.58. The van der Waals surface area contributed by atoms with Gasteiger partial charge in [-0.25, -0.2) is 9.18 Å². The van der Waals surface area contributed by atoms with Gasteiger partial charge in [-0.2, -0.15) is 0 Å². The first-order valence-corrected chi connectivity index (χ1v) is 11.1. The summed E-state index contributed by atoms with van der Waals surface area (Å²) in [5, 5.41) is 3.33. The number of esters is 1. The Morgan fingerprint density at radius 3 is 2.34 bits per heavy atom. The van der Waals surface area contributed by atoms with E-state index in [2.05, 4.69) is 21.2 Å². The lowest BCUT2D eigenvalue weighted by atomic mass is 10.1. The molecule has 7 heteroatoms. The van der Waals surface area contributed by atoms with Crippen molar-refractivity contribution in [3.63, 3.8) is 0 Å². The van der Waals surface area contributed by atoms with Crippen LogP contribution in [0.4, 0.5) is 10.1 Å². The summed E-state index contributed by atoms with van der Waals surface area (Å²) in [5.41, 5.74) is 2.81. The quantitative estimate of drug-likeness (QED) is 0.327. The first-order valence-electron chi connectivity index (χ1n) is 10.3. The van der Waals surface area contributed by atoms with Crippen LogP contribution in [0, 0.1) is 5.82 Å². The summed E-state index contributed by atoms with van der Waals surface area (Å²) in [7, 11) is 0. The fraction of sp³-hybridized carbons (Fsp3) is 0.240. The molecule has 0 aliphatic rings. The molecule has 0 aliphatic heterocycles. The molecule has 0 unspecified atom stereocenters. The molecule has 0 atom stereocenters. The van der Waals surface area contributed by atoms with Crippen LogP contribution in [0.2, 0.25) is 0 Å². The zero-order valence-electron chi connectivity index (χ0n) is 18.0. The molecule has 0 radical (unpaired) electrons. The molecular weight excluding hydrogens is 477 g/mol. The first-order chi connectivity index (χ1) is 15.5. The van der Waals surface area contributed by atoms with Gasteiger partial charge in [0, 0.05) is 22.3 Å². The van der Waals surface area contributed by atoms with E-state index in [-0.39, 0.29) is 18.4 Å².